The highest BCUT2D eigenvalue weighted by molar-refractivity contribution is 5.78. The lowest BCUT2D eigenvalue weighted by Crippen LogP contribution is -2.43. The number of hydrogen-bond acceptors (Lipinski definition) is 4. The van der Waals surface area contributed by atoms with Crippen LogP contribution in [0, 0.1) is 11.7 Å². The Hall–Kier alpha value is -1.50. The molecule has 0 spiro atoms. The number of amides is 1. The van der Waals surface area contributed by atoms with Crippen LogP contribution < -0.4 is 0 Å². The van der Waals surface area contributed by atoms with Crippen LogP contribution in [0.2, 0.25) is 0 Å². The van der Waals surface area contributed by atoms with E-state index in [2.05, 4.69) is 4.90 Å². The Morgan fingerprint density at radius 2 is 2.04 bits per heavy atom. The van der Waals surface area contributed by atoms with E-state index in [9.17, 15) is 14.3 Å². The number of halogens is 1. The van der Waals surface area contributed by atoms with Crippen molar-refractivity contribution in [2.24, 2.45) is 5.92 Å². The molecule has 0 radical (unpaired) electrons. The third-order valence-corrected chi connectivity index (χ3v) is 4.37. The fourth-order valence-corrected chi connectivity index (χ4v) is 3.00. The summed E-state index contributed by atoms with van der Waals surface area (Å²) in [6.07, 6.45) is 1.03. The molecule has 1 aromatic carbocycles. The maximum Gasteiger partial charge on any atom is 0.225 e. The zero-order chi connectivity index (χ0) is 17.5. The quantitative estimate of drug-likeness (QED) is 0.819. The van der Waals surface area contributed by atoms with Gasteiger partial charge >= 0.3 is 0 Å². The normalized spacial score (nSPS) is 17.7. The molecule has 2 rings (SSSR count). The van der Waals surface area contributed by atoms with Crippen molar-refractivity contribution in [3.05, 3.63) is 35.6 Å². The molecule has 5 nitrogen and oxygen atoms in total. The fraction of sp³-hybridized carbons (Fsp3) is 0.611. The molecule has 0 bridgehead atoms. The van der Waals surface area contributed by atoms with Gasteiger partial charge in [-0.1, -0.05) is 18.2 Å². The van der Waals surface area contributed by atoms with Gasteiger partial charge in [-0.3, -0.25) is 4.79 Å². The molecule has 1 aliphatic rings. The molecule has 0 aliphatic carbocycles. The first-order chi connectivity index (χ1) is 11.5. The summed E-state index contributed by atoms with van der Waals surface area (Å²) >= 11 is 0. The summed E-state index contributed by atoms with van der Waals surface area (Å²) in [5, 5.41) is 10.1. The Balaban J connectivity index is 1.66. The lowest BCUT2D eigenvalue weighted by Gasteiger charge is -2.33. The van der Waals surface area contributed by atoms with Crippen molar-refractivity contribution < 1.29 is 19.0 Å². The van der Waals surface area contributed by atoms with Gasteiger partial charge in [0.25, 0.3) is 0 Å². The van der Waals surface area contributed by atoms with E-state index in [-0.39, 0.29) is 30.9 Å². The van der Waals surface area contributed by atoms with Crippen molar-refractivity contribution in [3.63, 3.8) is 0 Å². The summed E-state index contributed by atoms with van der Waals surface area (Å²) in [6.45, 7) is 2.44. The van der Waals surface area contributed by atoms with Gasteiger partial charge in [-0.05, 0) is 32.0 Å². The number of carbonyl (C=O) groups is 1. The second-order valence-electron chi connectivity index (χ2n) is 6.57. The third-order valence-electron chi connectivity index (χ3n) is 4.37. The zero-order valence-corrected chi connectivity index (χ0v) is 14.4. The van der Waals surface area contributed by atoms with Gasteiger partial charge < -0.3 is 19.6 Å². The number of rotatable bonds is 7. The van der Waals surface area contributed by atoms with Crippen LogP contribution in [0.3, 0.4) is 0 Å². The number of benzene rings is 1. The van der Waals surface area contributed by atoms with Gasteiger partial charge in [0.05, 0.1) is 19.3 Å². The van der Waals surface area contributed by atoms with E-state index < -0.39 is 6.10 Å². The standard InChI is InChI=1S/C18H27FN2O3/c1-20(2)18(23)14-7-9-21(10-8-14)11-16(22)13-24-12-15-5-3-4-6-17(15)19/h3-6,14,16,22H,7-13H2,1-2H3. The maximum absolute atomic E-state index is 13.5. The number of nitrogens with zero attached hydrogens (tertiary/aromatic N) is 2. The lowest BCUT2D eigenvalue weighted by atomic mass is 9.95. The molecule has 1 aliphatic heterocycles. The van der Waals surface area contributed by atoms with E-state index in [0.717, 1.165) is 25.9 Å². The smallest absolute Gasteiger partial charge is 0.225 e. The Morgan fingerprint density at radius 3 is 2.67 bits per heavy atom. The van der Waals surface area contributed by atoms with Crippen molar-refractivity contribution in [2.75, 3.05) is 40.3 Å². The number of likely N-dealkylation sites (tertiary alicyclic amines) is 1. The molecule has 24 heavy (non-hydrogen) atoms. The van der Waals surface area contributed by atoms with Crippen molar-refractivity contribution >= 4 is 5.91 Å². The van der Waals surface area contributed by atoms with Gasteiger partial charge in [-0.25, -0.2) is 4.39 Å². The fourth-order valence-electron chi connectivity index (χ4n) is 3.00. The number of hydrogen-bond donors (Lipinski definition) is 1. The van der Waals surface area contributed by atoms with Crippen LogP contribution in [0.25, 0.3) is 0 Å². The SMILES string of the molecule is CN(C)C(=O)C1CCN(CC(O)COCc2ccccc2F)CC1. The molecule has 1 heterocycles. The van der Waals surface area contributed by atoms with Gasteiger partial charge in [0, 0.05) is 32.1 Å². The van der Waals surface area contributed by atoms with E-state index in [0.29, 0.717) is 12.1 Å². The summed E-state index contributed by atoms with van der Waals surface area (Å²) in [5.74, 6) is -0.0197. The number of ether oxygens (including phenoxy) is 1. The van der Waals surface area contributed by atoms with Crippen LogP contribution in [-0.2, 0) is 16.1 Å². The predicted octanol–water partition coefficient (Wildman–Crippen LogP) is 1.50. The van der Waals surface area contributed by atoms with Gasteiger partial charge in [-0.15, -0.1) is 0 Å². The largest absolute Gasteiger partial charge is 0.389 e. The lowest BCUT2D eigenvalue weighted by molar-refractivity contribution is -0.134. The first-order valence-corrected chi connectivity index (χ1v) is 8.40. The Morgan fingerprint density at radius 1 is 1.38 bits per heavy atom. The molecule has 134 valence electrons. The van der Waals surface area contributed by atoms with Gasteiger partial charge in [0.15, 0.2) is 0 Å². The van der Waals surface area contributed by atoms with Crippen LogP contribution in [0.1, 0.15) is 18.4 Å². The average molecular weight is 338 g/mol. The maximum atomic E-state index is 13.5. The summed E-state index contributed by atoms with van der Waals surface area (Å²) in [4.78, 5) is 15.7. The topological polar surface area (TPSA) is 53.0 Å². The highest BCUT2D eigenvalue weighted by Crippen LogP contribution is 2.19. The Kier molecular flexibility index (Phi) is 7.15. The summed E-state index contributed by atoms with van der Waals surface area (Å²) in [7, 11) is 3.57. The van der Waals surface area contributed by atoms with Gasteiger partial charge in [0.2, 0.25) is 5.91 Å². The number of aliphatic hydroxyl groups excluding tert-OH is 1. The van der Waals surface area contributed by atoms with E-state index in [4.69, 9.17) is 4.74 Å². The zero-order valence-electron chi connectivity index (χ0n) is 14.4. The number of β-amino-alcohol motifs (C(OH)–C–C–N with tert-alkyl or cyclic N) is 1. The minimum absolute atomic E-state index is 0.0886. The monoisotopic (exact) mass is 338 g/mol. The van der Waals surface area contributed by atoms with Crippen molar-refractivity contribution in [1.82, 2.24) is 9.80 Å². The second kappa shape index (κ2) is 9.11. The van der Waals surface area contributed by atoms with E-state index in [1.165, 1.54) is 6.07 Å². The second-order valence-corrected chi connectivity index (χ2v) is 6.57. The predicted molar refractivity (Wildman–Crippen MR) is 89.9 cm³/mol. The molecule has 0 saturated carbocycles. The summed E-state index contributed by atoms with van der Waals surface area (Å²) in [6, 6.07) is 6.47. The van der Waals surface area contributed by atoms with Crippen LogP contribution in [0.4, 0.5) is 4.39 Å². The Labute approximate surface area is 143 Å². The molecule has 6 heteroatoms. The minimum atomic E-state index is -0.613. The molecule has 1 atom stereocenters. The molecule has 1 unspecified atom stereocenters. The summed E-state index contributed by atoms with van der Waals surface area (Å²) < 4.78 is 18.9. The van der Waals surface area contributed by atoms with Gasteiger partial charge in [-0.2, -0.15) is 0 Å². The van der Waals surface area contributed by atoms with Crippen LogP contribution >= 0.6 is 0 Å². The van der Waals surface area contributed by atoms with Crippen molar-refractivity contribution in [1.29, 1.82) is 0 Å². The first kappa shape index (κ1) is 18.8. The highest BCUT2D eigenvalue weighted by Gasteiger charge is 2.26. The molecular weight excluding hydrogens is 311 g/mol. The average Bonchev–Trinajstić information content (AvgIpc) is 2.56. The van der Waals surface area contributed by atoms with Crippen LogP contribution in [0.5, 0.6) is 0 Å². The van der Waals surface area contributed by atoms with Crippen molar-refractivity contribution in [2.45, 2.75) is 25.6 Å². The summed E-state index contributed by atoms with van der Waals surface area (Å²) in [5.41, 5.74) is 0.493. The minimum Gasteiger partial charge on any atom is -0.389 e. The number of piperidine rings is 1. The van der Waals surface area contributed by atoms with Crippen LogP contribution in [-0.4, -0.2) is 67.3 Å². The first-order valence-electron chi connectivity index (χ1n) is 8.40. The third kappa shape index (κ3) is 5.54. The van der Waals surface area contributed by atoms with E-state index in [1.807, 2.05) is 0 Å². The molecule has 1 saturated heterocycles. The number of aliphatic hydroxyl groups is 1. The Bertz CT molecular complexity index is 531. The number of carbonyl (C=O) groups excluding carboxylic acids is 1. The molecule has 1 aromatic rings. The highest BCUT2D eigenvalue weighted by atomic mass is 19.1. The van der Waals surface area contributed by atoms with E-state index in [1.54, 1.807) is 37.2 Å². The molecule has 1 amide bonds. The molecule has 1 fully saturated rings. The molecular formula is C18H27FN2O3. The van der Waals surface area contributed by atoms with E-state index >= 15 is 0 Å². The van der Waals surface area contributed by atoms with Gasteiger partial charge in [0.1, 0.15) is 5.82 Å². The van der Waals surface area contributed by atoms with Crippen LogP contribution in [0.15, 0.2) is 24.3 Å². The van der Waals surface area contributed by atoms with Crippen molar-refractivity contribution in [3.8, 4) is 0 Å². The molecule has 0 aromatic heterocycles. The molecule has 1 N–H and O–H groups in total.